The van der Waals surface area contributed by atoms with Gasteiger partial charge in [0.05, 0.1) is 0 Å². The minimum absolute atomic E-state index is 0.0798. The molecule has 0 heterocycles. The lowest BCUT2D eigenvalue weighted by molar-refractivity contribution is 0.178. The highest BCUT2D eigenvalue weighted by molar-refractivity contribution is 5.59. The van der Waals surface area contributed by atoms with Crippen LogP contribution in [0, 0.1) is 5.92 Å². The van der Waals surface area contributed by atoms with Crippen LogP contribution in [0.3, 0.4) is 0 Å². The molecule has 0 bridgehead atoms. The van der Waals surface area contributed by atoms with E-state index in [1.165, 1.54) is 6.29 Å². The maximum absolute atomic E-state index is 9.72. The van der Waals surface area contributed by atoms with E-state index in [1.54, 1.807) is 13.2 Å². The number of rotatable bonds is 4. The molecule has 1 unspecified atom stereocenters. The van der Waals surface area contributed by atoms with Gasteiger partial charge in [-0.15, -0.1) is 0 Å². The minimum atomic E-state index is -1.15. The topological polar surface area (TPSA) is 54.4 Å². The molecule has 0 rings (SSSR count). The van der Waals surface area contributed by atoms with Crippen LogP contribution in [0.15, 0.2) is 0 Å². The van der Waals surface area contributed by atoms with Crippen LogP contribution in [-0.2, 0) is 9.59 Å². The van der Waals surface area contributed by atoms with Crippen LogP contribution < -0.4 is 0 Å². The van der Waals surface area contributed by atoms with Gasteiger partial charge in [-0.25, -0.2) is 0 Å². The molecule has 0 saturated heterocycles. The summed E-state index contributed by atoms with van der Waals surface area (Å²) in [5.74, 6) is -0.361. The van der Waals surface area contributed by atoms with Gasteiger partial charge in [-0.2, -0.15) is 0 Å². The van der Waals surface area contributed by atoms with Crippen LogP contribution in [0.4, 0.5) is 0 Å². The second kappa shape index (κ2) is 4.21. The molecular weight excluding hydrogens is 120 g/mol. The molecular formula is C6H8O3. The van der Waals surface area contributed by atoms with Crippen molar-refractivity contribution in [1.82, 2.24) is 0 Å². The third-order valence-corrected chi connectivity index (χ3v) is 1.07. The van der Waals surface area contributed by atoms with E-state index < -0.39 is 6.10 Å². The highest BCUT2D eigenvalue weighted by atomic mass is 16.3. The zero-order valence-corrected chi connectivity index (χ0v) is 5.13. The number of carbonyl (C=O) groups excluding carboxylic acids is 2. The molecule has 0 aliphatic rings. The van der Waals surface area contributed by atoms with E-state index in [2.05, 4.69) is 0 Å². The normalized spacial score (nSPS) is 16.2. The van der Waals surface area contributed by atoms with Gasteiger partial charge in [-0.3, -0.25) is 9.59 Å². The zero-order chi connectivity index (χ0) is 7.28. The quantitative estimate of drug-likeness (QED) is 0.560. The van der Waals surface area contributed by atoms with Crippen molar-refractivity contribution in [2.24, 2.45) is 5.92 Å². The number of hydrogen-bond donors (Lipinski definition) is 1. The second-order valence-electron chi connectivity index (χ2n) is 1.89. The first kappa shape index (κ1) is 8.30. The summed E-state index contributed by atoms with van der Waals surface area (Å²) in [7, 11) is 0. The molecule has 0 amide bonds. The standard InChI is InChI=1S/C6H8O3/c1-5(2-3-7)6(9)4-8/h5-6,9H,2H2,1H3/t5-,6?/m0/s1. The van der Waals surface area contributed by atoms with Crippen LogP contribution >= 0.6 is 0 Å². The first-order valence-corrected chi connectivity index (χ1v) is 2.63. The number of aliphatic hydroxyl groups excluding tert-OH is 1. The molecule has 0 spiro atoms. The first-order chi connectivity index (χ1) is 4.22. The Hall–Kier alpha value is -0.700. The van der Waals surface area contributed by atoms with Crippen molar-refractivity contribution in [3.05, 3.63) is 0 Å². The van der Waals surface area contributed by atoms with Crippen LogP contribution in [0.25, 0.3) is 0 Å². The molecule has 1 N–H and O–H groups in total. The predicted octanol–water partition coefficient (Wildman–Crippen LogP) is -0.407. The Kier molecular flexibility index (Phi) is 3.88. The lowest BCUT2D eigenvalue weighted by atomic mass is 10.0. The van der Waals surface area contributed by atoms with Crippen molar-refractivity contribution in [3.63, 3.8) is 0 Å². The molecule has 0 aromatic rings. The summed E-state index contributed by atoms with van der Waals surface area (Å²) in [6.07, 6.45) is 1.90. The number of aliphatic hydroxyl groups is 1. The van der Waals surface area contributed by atoms with Gasteiger partial charge in [0.2, 0.25) is 6.29 Å². The van der Waals surface area contributed by atoms with Crippen molar-refractivity contribution >= 4 is 12.6 Å². The van der Waals surface area contributed by atoms with Gasteiger partial charge in [0, 0.05) is 6.42 Å². The van der Waals surface area contributed by atoms with Gasteiger partial charge in [0.15, 0.2) is 6.29 Å². The molecule has 9 heavy (non-hydrogen) atoms. The van der Waals surface area contributed by atoms with Gasteiger partial charge in [0.1, 0.15) is 6.10 Å². The van der Waals surface area contributed by atoms with Gasteiger partial charge in [-0.1, -0.05) is 6.92 Å². The van der Waals surface area contributed by atoms with Crippen molar-refractivity contribution in [2.45, 2.75) is 19.4 Å². The number of hydrogen-bond acceptors (Lipinski definition) is 3. The molecule has 0 aliphatic heterocycles. The SMILES string of the molecule is C[C@@H](C[C]=O)C(O)[C]=O. The average Bonchev–Trinajstić information content (AvgIpc) is 1.87. The van der Waals surface area contributed by atoms with Crippen molar-refractivity contribution in [2.75, 3.05) is 0 Å². The smallest absolute Gasteiger partial charge is 0.229 e. The zero-order valence-electron chi connectivity index (χ0n) is 5.13. The minimum Gasteiger partial charge on any atom is -0.385 e. The highest BCUT2D eigenvalue weighted by Crippen LogP contribution is 2.02. The molecule has 0 saturated carbocycles. The van der Waals surface area contributed by atoms with E-state index in [0.29, 0.717) is 0 Å². The van der Waals surface area contributed by atoms with E-state index in [0.717, 1.165) is 0 Å². The maximum atomic E-state index is 9.72. The van der Waals surface area contributed by atoms with E-state index in [9.17, 15) is 9.59 Å². The van der Waals surface area contributed by atoms with Crippen LogP contribution in [0.2, 0.25) is 0 Å². The first-order valence-electron chi connectivity index (χ1n) is 2.63. The van der Waals surface area contributed by atoms with Gasteiger partial charge in [0.25, 0.3) is 0 Å². The Morgan fingerprint density at radius 1 is 1.56 bits per heavy atom. The third kappa shape index (κ3) is 2.98. The van der Waals surface area contributed by atoms with Crippen molar-refractivity contribution < 1.29 is 14.7 Å². The monoisotopic (exact) mass is 128 g/mol. The fourth-order valence-electron chi connectivity index (χ4n) is 0.359. The molecule has 50 valence electrons. The van der Waals surface area contributed by atoms with E-state index >= 15 is 0 Å². The van der Waals surface area contributed by atoms with Crippen molar-refractivity contribution in [3.8, 4) is 0 Å². The van der Waals surface area contributed by atoms with Crippen LogP contribution in [-0.4, -0.2) is 23.8 Å². The van der Waals surface area contributed by atoms with Crippen molar-refractivity contribution in [1.29, 1.82) is 0 Å². The molecule has 0 aliphatic carbocycles. The maximum Gasteiger partial charge on any atom is 0.229 e. The summed E-state index contributed by atoms with van der Waals surface area (Å²) in [4.78, 5) is 19.4. The fourth-order valence-corrected chi connectivity index (χ4v) is 0.359. The van der Waals surface area contributed by atoms with Gasteiger partial charge in [-0.05, 0) is 5.92 Å². The Bertz CT molecular complexity index is 100. The highest BCUT2D eigenvalue weighted by Gasteiger charge is 2.12. The molecule has 3 nitrogen and oxygen atoms in total. The summed E-state index contributed by atoms with van der Waals surface area (Å²) in [6, 6.07) is 0. The molecule has 3 heteroatoms. The molecule has 2 radical (unpaired) electrons. The second-order valence-corrected chi connectivity index (χ2v) is 1.89. The van der Waals surface area contributed by atoms with Crippen LogP contribution in [0.5, 0.6) is 0 Å². The van der Waals surface area contributed by atoms with E-state index in [1.807, 2.05) is 0 Å². The lowest BCUT2D eigenvalue weighted by Gasteiger charge is -2.06. The Balaban J connectivity index is 3.56. The summed E-state index contributed by atoms with van der Waals surface area (Å²) in [5, 5.41) is 8.66. The summed E-state index contributed by atoms with van der Waals surface area (Å²) in [6.45, 7) is 1.58. The molecule has 2 atom stereocenters. The van der Waals surface area contributed by atoms with E-state index in [-0.39, 0.29) is 12.3 Å². The van der Waals surface area contributed by atoms with E-state index in [4.69, 9.17) is 5.11 Å². The third-order valence-electron chi connectivity index (χ3n) is 1.07. The van der Waals surface area contributed by atoms with Crippen LogP contribution in [0.1, 0.15) is 13.3 Å². The summed E-state index contributed by atoms with van der Waals surface area (Å²) < 4.78 is 0. The predicted molar refractivity (Wildman–Crippen MR) is 31.2 cm³/mol. The molecule has 0 aromatic heterocycles. The average molecular weight is 128 g/mol. The Morgan fingerprint density at radius 2 is 2.11 bits per heavy atom. The molecule has 0 fully saturated rings. The Labute approximate surface area is 53.7 Å². The summed E-state index contributed by atoms with van der Waals surface area (Å²) in [5.41, 5.74) is 0. The fraction of sp³-hybridized carbons (Fsp3) is 0.667. The largest absolute Gasteiger partial charge is 0.385 e. The lowest BCUT2D eigenvalue weighted by Crippen LogP contribution is -2.18. The summed E-state index contributed by atoms with van der Waals surface area (Å²) >= 11 is 0. The Morgan fingerprint density at radius 3 is 2.44 bits per heavy atom. The van der Waals surface area contributed by atoms with Gasteiger partial charge >= 0.3 is 0 Å². The molecule has 0 aromatic carbocycles. The van der Waals surface area contributed by atoms with Gasteiger partial charge < -0.3 is 5.11 Å².